The van der Waals surface area contributed by atoms with E-state index in [2.05, 4.69) is 317 Å². The van der Waals surface area contributed by atoms with E-state index in [1.165, 1.54) is 91.5 Å². The van der Waals surface area contributed by atoms with Crippen LogP contribution in [0.2, 0.25) is 0 Å². The number of nitrogens with zero attached hydrogens (tertiary/aromatic N) is 3. The first-order valence-corrected chi connectivity index (χ1v) is 27.2. The summed E-state index contributed by atoms with van der Waals surface area (Å²) in [6, 6.07) is 113. The summed E-state index contributed by atoms with van der Waals surface area (Å²) >= 11 is 0. The molecule has 3 nitrogen and oxygen atoms in total. The van der Waals surface area contributed by atoms with Crippen LogP contribution in [0.15, 0.2) is 303 Å². The van der Waals surface area contributed by atoms with Gasteiger partial charge in [0.25, 0.3) is 0 Å². The van der Waals surface area contributed by atoms with Crippen molar-refractivity contribution in [1.29, 1.82) is 0 Å². The summed E-state index contributed by atoms with van der Waals surface area (Å²) in [7, 11) is 0. The van der Waals surface area contributed by atoms with Crippen molar-refractivity contribution in [2.24, 2.45) is 0 Å². The zero-order chi connectivity index (χ0) is 51.5. The van der Waals surface area contributed by atoms with Gasteiger partial charge in [-0.1, -0.05) is 261 Å². The molecule has 0 amide bonds. The van der Waals surface area contributed by atoms with Crippen LogP contribution in [0.3, 0.4) is 0 Å². The molecule has 12 aromatic rings. The van der Waals surface area contributed by atoms with Crippen molar-refractivity contribution in [1.82, 2.24) is 0 Å². The molecule has 1 heterocycles. The molecule has 0 bridgehead atoms. The fourth-order valence-corrected chi connectivity index (χ4v) is 13.1. The van der Waals surface area contributed by atoms with Crippen LogP contribution in [0.4, 0.5) is 17.1 Å². The van der Waals surface area contributed by atoms with Crippen molar-refractivity contribution in [3.63, 3.8) is 0 Å². The molecule has 1 aliphatic heterocycles. The molecular formula is C72H50B3N3. The van der Waals surface area contributed by atoms with E-state index >= 15 is 0 Å². The van der Waals surface area contributed by atoms with E-state index < -0.39 is 0 Å². The van der Waals surface area contributed by atoms with E-state index in [4.69, 9.17) is 0 Å². The molecule has 78 heavy (non-hydrogen) atoms. The highest BCUT2D eigenvalue weighted by Crippen LogP contribution is 2.41. The maximum Gasteiger partial charge on any atom is 0.388 e. The molecule has 362 valence electrons. The molecule has 2 aliphatic carbocycles. The molecule has 1 saturated heterocycles. The molecule has 15 rings (SSSR count). The van der Waals surface area contributed by atoms with Gasteiger partial charge >= 0.3 is 20.9 Å². The predicted molar refractivity (Wildman–Crippen MR) is 337 cm³/mol. The highest BCUT2D eigenvalue weighted by Gasteiger charge is 2.55. The van der Waals surface area contributed by atoms with Gasteiger partial charge in [0.15, 0.2) is 0 Å². The van der Waals surface area contributed by atoms with Crippen molar-refractivity contribution in [2.45, 2.75) is 0 Å². The molecule has 12 aromatic carbocycles. The fourth-order valence-electron chi connectivity index (χ4n) is 13.1. The smallest absolute Gasteiger partial charge is 0.388 e. The third-order valence-electron chi connectivity index (χ3n) is 16.4. The Bertz CT molecular complexity index is 4570. The van der Waals surface area contributed by atoms with Crippen LogP contribution in [0.25, 0.3) is 75.8 Å². The third-order valence-corrected chi connectivity index (χ3v) is 16.4. The lowest BCUT2D eigenvalue weighted by Gasteiger charge is -2.57. The lowest BCUT2D eigenvalue weighted by molar-refractivity contribution is 1.29. The van der Waals surface area contributed by atoms with Crippen LogP contribution in [-0.4, -0.2) is 20.9 Å². The second-order valence-electron chi connectivity index (χ2n) is 20.6. The van der Waals surface area contributed by atoms with Gasteiger partial charge in [-0.3, -0.25) is 0 Å². The number of anilines is 3. The van der Waals surface area contributed by atoms with Gasteiger partial charge in [0.2, 0.25) is 0 Å². The lowest BCUT2D eigenvalue weighted by atomic mass is 9.37. The van der Waals surface area contributed by atoms with E-state index in [0.717, 1.165) is 28.2 Å². The zero-order valence-corrected chi connectivity index (χ0v) is 42.9. The molecular weight excluding hydrogens is 939 g/mol. The van der Waals surface area contributed by atoms with Gasteiger partial charge in [-0.25, -0.2) is 0 Å². The van der Waals surface area contributed by atoms with Gasteiger partial charge in [0.1, 0.15) is 0 Å². The Morgan fingerprint density at radius 2 is 0.449 bits per heavy atom. The Kier molecular flexibility index (Phi) is 11.2. The van der Waals surface area contributed by atoms with Crippen molar-refractivity contribution < 1.29 is 0 Å². The number of hydrogen-bond donors (Lipinski definition) is 0. The number of rotatable bonds is 7. The van der Waals surface area contributed by atoms with Crippen molar-refractivity contribution in [3.8, 4) is 11.1 Å². The van der Waals surface area contributed by atoms with Crippen LogP contribution >= 0.6 is 0 Å². The van der Waals surface area contributed by atoms with Gasteiger partial charge < -0.3 is 14.2 Å². The fraction of sp³-hybridized carbons (Fsp3) is 0. The van der Waals surface area contributed by atoms with E-state index in [9.17, 15) is 0 Å². The van der Waals surface area contributed by atoms with Crippen molar-refractivity contribution in [2.75, 3.05) is 14.2 Å². The second kappa shape index (κ2) is 19.1. The summed E-state index contributed by atoms with van der Waals surface area (Å²) in [5.74, 6) is 0. The summed E-state index contributed by atoms with van der Waals surface area (Å²) in [5, 5.41) is 17.4. The molecule has 0 unspecified atom stereocenters. The molecule has 0 saturated carbocycles. The quantitative estimate of drug-likeness (QED) is 0.147. The lowest BCUT2D eigenvalue weighted by Crippen LogP contribution is -2.86. The Hall–Kier alpha value is -9.77. The summed E-state index contributed by atoms with van der Waals surface area (Å²) < 4.78 is 7.94. The average molecular weight is 990 g/mol. The first-order valence-electron chi connectivity index (χ1n) is 27.2. The van der Waals surface area contributed by atoms with Gasteiger partial charge in [-0.2, -0.15) is 0 Å². The first-order chi connectivity index (χ1) is 38.8. The Labute approximate surface area is 455 Å². The minimum absolute atomic E-state index is 0.207. The summed E-state index contributed by atoms with van der Waals surface area (Å²) in [4.78, 5) is 0. The van der Waals surface area contributed by atoms with E-state index in [-0.39, 0.29) is 20.9 Å². The minimum atomic E-state index is -0.249. The molecule has 1 fully saturated rings. The van der Waals surface area contributed by atoms with Crippen LogP contribution < -0.4 is 30.6 Å². The third kappa shape index (κ3) is 7.47. The molecule has 0 spiro atoms. The maximum atomic E-state index is 2.67. The zero-order valence-electron chi connectivity index (χ0n) is 42.9. The maximum absolute atomic E-state index is 2.67. The first kappa shape index (κ1) is 45.6. The van der Waals surface area contributed by atoms with Crippen LogP contribution in [0, 0.1) is 10.4 Å². The monoisotopic (exact) mass is 989 g/mol. The summed E-state index contributed by atoms with van der Waals surface area (Å²) in [5.41, 5.74) is 9.28. The topological polar surface area (TPSA) is 9.72 Å². The van der Waals surface area contributed by atoms with Crippen molar-refractivity contribution >= 4 is 119 Å². The normalized spacial score (nSPS) is 13.0. The van der Waals surface area contributed by atoms with Crippen LogP contribution in [0.5, 0.6) is 0 Å². The second-order valence-corrected chi connectivity index (χ2v) is 20.6. The summed E-state index contributed by atoms with van der Waals surface area (Å²) in [6.45, 7) is -0.704. The number of benzene rings is 12. The molecule has 0 aromatic heterocycles. The highest BCUT2D eigenvalue weighted by molar-refractivity contribution is 7.14. The highest BCUT2D eigenvalue weighted by atomic mass is 15.3. The van der Waals surface area contributed by atoms with Gasteiger partial charge in [-0.15, -0.1) is 0 Å². The molecule has 0 N–H and O–H groups in total. The van der Waals surface area contributed by atoms with E-state index in [1.54, 1.807) is 0 Å². The largest absolute Gasteiger partial charge is 0.416 e. The molecule has 3 aliphatic rings. The van der Waals surface area contributed by atoms with Gasteiger partial charge in [-0.05, 0) is 145 Å². The van der Waals surface area contributed by atoms with Gasteiger partial charge in [0.05, 0.1) is 0 Å². The number of fused-ring (bicyclic) bond motifs is 10. The molecule has 0 radical (unpaired) electrons. The van der Waals surface area contributed by atoms with Crippen LogP contribution in [0.1, 0.15) is 0 Å². The summed E-state index contributed by atoms with van der Waals surface area (Å²) in [6.07, 6.45) is 0. The van der Waals surface area contributed by atoms with Crippen molar-refractivity contribution in [3.05, 3.63) is 314 Å². The SMILES string of the molecule is c1ccc(B2N(c3ccccc3)B(c3ccccc3)N(c3cccc(-c4ccc5c6cccc7c6=c6c(cccc6c6ccccc6c5c4)c4ccccc4c4ccccc74)c3)B(c3ccccc3)N2c2ccccc2)cc1. The minimum Gasteiger partial charge on any atom is -0.416 e. The van der Waals surface area contributed by atoms with E-state index in [0.29, 0.717) is 0 Å². The number of hydrogen-bond acceptors (Lipinski definition) is 3. The molecule has 6 heteroatoms. The van der Waals surface area contributed by atoms with E-state index in [1.807, 2.05) is 0 Å². The van der Waals surface area contributed by atoms with Gasteiger partial charge in [0, 0.05) is 17.1 Å². The Morgan fingerprint density at radius 3 is 0.846 bits per heavy atom. The Balaban J connectivity index is 1.02. The number of para-hydroxylation sites is 2. The average Bonchev–Trinajstić information content (AvgIpc) is 3.71. The predicted octanol–water partition coefficient (Wildman–Crippen LogP) is 15.6. The standard InChI is InChI=1S/C72H50B3N3/c1-6-26-53(27-7-1)73-76(56-32-12-4-13-33-56)74(54-28-8-2-9-29-54)78(75(55-30-10-3-11-31-55)77(73)57-34-14-5-15-35-57)58-36-22-25-51(49-58)52-47-48-65-69-46-24-44-67-62-40-19-17-38-60(62)59-37-16-18-39-61(59)66-43-23-45-68(71(66)72(67)69)63-41-20-21-42-64(63)70(65)50-52/h1-50H. The van der Waals surface area contributed by atoms with Crippen LogP contribution in [-0.2, 0) is 0 Å². The molecule has 0 atom stereocenters. The Morgan fingerprint density at radius 1 is 0.179 bits per heavy atom.